The predicted molar refractivity (Wildman–Crippen MR) is 106 cm³/mol. The summed E-state index contributed by atoms with van der Waals surface area (Å²) in [7, 11) is 3.37. The largest absolute Gasteiger partial charge is 0.493 e. The van der Waals surface area contributed by atoms with Crippen molar-refractivity contribution in [3.63, 3.8) is 0 Å². The number of carbonyl (C=O) groups excluding carboxylic acids is 1. The van der Waals surface area contributed by atoms with Crippen LogP contribution in [0.5, 0.6) is 11.5 Å². The first-order valence-electron chi connectivity index (χ1n) is 10.5. The van der Waals surface area contributed by atoms with Crippen molar-refractivity contribution >= 4 is 5.91 Å². The van der Waals surface area contributed by atoms with Gasteiger partial charge in [-0.2, -0.15) is 0 Å². The second-order valence-electron chi connectivity index (χ2n) is 8.05. The molecule has 1 aliphatic heterocycles. The summed E-state index contributed by atoms with van der Waals surface area (Å²) in [6.45, 7) is 2.98. The molecule has 2 aliphatic rings. The van der Waals surface area contributed by atoms with E-state index in [1.54, 1.807) is 14.2 Å². The number of benzene rings is 1. The maximum Gasteiger partial charge on any atom is 0.223 e. The first kappa shape index (κ1) is 20.0. The van der Waals surface area contributed by atoms with Crippen LogP contribution >= 0.6 is 0 Å². The normalized spacial score (nSPS) is 24.1. The fraction of sp³-hybridized carbons (Fsp3) is 0.682. The van der Waals surface area contributed by atoms with Gasteiger partial charge in [0.1, 0.15) is 6.54 Å². The molecule has 2 fully saturated rings. The SMILES string of the molecule is COc1cccc(C[NH+]2CCC(C(=O)NC3CCCCCC3)CC2)c1OC. The molecule has 3 rings (SSSR count). The fourth-order valence-electron chi connectivity index (χ4n) is 4.57. The molecule has 5 nitrogen and oxygen atoms in total. The number of ether oxygens (including phenoxy) is 2. The number of hydrogen-bond acceptors (Lipinski definition) is 3. The van der Waals surface area contributed by atoms with Crippen LogP contribution in [0.4, 0.5) is 0 Å². The Bertz CT molecular complexity index is 604. The van der Waals surface area contributed by atoms with Gasteiger partial charge in [0.25, 0.3) is 0 Å². The first-order valence-corrected chi connectivity index (χ1v) is 10.5. The minimum Gasteiger partial charge on any atom is -0.493 e. The molecule has 2 N–H and O–H groups in total. The molecule has 1 heterocycles. The molecule has 0 spiro atoms. The van der Waals surface area contributed by atoms with E-state index in [0.717, 1.165) is 56.8 Å². The van der Waals surface area contributed by atoms with Gasteiger partial charge in [-0.1, -0.05) is 31.7 Å². The summed E-state index contributed by atoms with van der Waals surface area (Å²) in [4.78, 5) is 14.2. The summed E-state index contributed by atoms with van der Waals surface area (Å²) in [5.74, 6) is 2.09. The zero-order valence-corrected chi connectivity index (χ0v) is 16.9. The van der Waals surface area contributed by atoms with E-state index in [9.17, 15) is 4.79 Å². The molecule has 1 saturated heterocycles. The number of amides is 1. The summed E-state index contributed by atoms with van der Waals surface area (Å²) in [5, 5.41) is 3.34. The number of likely N-dealkylation sites (tertiary alicyclic amines) is 1. The van der Waals surface area contributed by atoms with E-state index < -0.39 is 0 Å². The monoisotopic (exact) mass is 375 g/mol. The molecule has 27 heavy (non-hydrogen) atoms. The molecule has 1 saturated carbocycles. The number of methoxy groups -OCH3 is 2. The topological polar surface area (TPSA) is 52.0 Å². The third-order valence-corrected chi connectivity index (χ3v) is 6.19. The van der Waals surface area contributed by atoms with Gasteiger partial charge in [0.2, 0.25) is 5.91 Å². The van der Waals surface area contributed by atoms with Gasteiger partial charge in [-0.05, 0) is 25.0 Å². The lowest BCUT2D eigenvalue weighted by molar-refractivity contribution is -0.919. The molecule has 0 unspecified atom stereocenters. The number of piperidine rings is 1. The zero-order valence-electron chi connectivity index (χ0n) is 16.9. The highest BCUT2D eigenvalue weighted by molar-refractivity contribution is 5.79. The highest BCUT2D eigenvalue weighted by Crippen LogP contribution is 2.30. The standard InChI is InChI=1S/C22H34N2O3/c1-26-20-11-7-8-18(21(20)27-2)16-24-14-12-17(13-15-24)22(25)23-19-9-5-3-4-6-10-19/h7-8,11,17,19H,3-6,9-10,12-16H2,1-2H3,(H,23,25)/p+1. The van der Waals surface area contributed by atoms with Gasteiger partial charge in [-0.15, -0.1) is 0 Å². The van der Waals surface area contributed by atoms with E-state index in [1.807, 2.05) is 12.1 Å². The van der Waals surface area contributed by atoms with E-state index in [2.05, 4.69) is 11.4 Å². The van der Waals surface area contributed by atoms with Gasteiger partial charge in [-0.25, -0.2) is 0 Å². The molecule has 0 radical (unpaired) electrons. The summed E-state index contributed by atoms with van der Waals surface area (Å²) in [6, 6.07) is 6.47. The van der Waals surface area contributed by atoms with Crippen LogP contribution < -0.4 is 19.7 Å². The molecule has 0 atom stereocenters. The average molecular weight is 376 g/mol. The minimum absolute atomic E-state index is 0.184. The summed E-state index contributed by atoms with van der Waals surface area (Å²) < 4.78 is 11.0. The first-order chi connectivity index (χ1) is 13.2. The van der Waals surface area contributed by atoms with Gasteiger partial charge in [0.15, 0.2) is 11.5 Å². The summed E-state index contributed by atoms with van der Waals surface area (Å²) in [6.07, 6.45) is 9.42. The van der Waals surface area contributed by atoms with Crippen LogP contribution in [0.2, 0.25) is 0 Å². The van der Waals surface area contributed by atoms with Crippen LogP contribution in [-0.4, -0.2) is 39.3 Å². The molecule has 0 aromatic heterocycles. The van der Waals surface area contributed by atoms with E-state index in [1.165, 1.54) is 36.1 Å². The van der Waals surface area contributed by atoms with Crippen molar-refractivity contribution < 1.29 is 19.2 Å². The van der Waals surface area contributed by atoms with Gasteiger partial charge < -0.3 is 19.7 Å². The number of quaternary nitrogens is 1. The van der Waals surface area contributed by atoms with E-state index in [4.69, 9.17) is 9.47 Å². The average Bonchev–Trinajstić information content (AvgIpc) is 2.97. The van der Waals surface area contributed by atoms with Crippen LogP contribution in [0.25, 0.3) is 0 Å². The highest BCUT2D eigenvalue weighted by atomic mass is 16.5. The second-order valence-corrected chi connectivity index (χ2v) is 8.05. The Morgan fingerprint density at radius 1 is 1.04 bits per heavy atom. The van der Waals surface area contributed by atoms with E-state index >= 15 is 0 Å². The molecular weight excluding hydrogens is 340 g/mol. The van der Waals surface area contributed by atoms with Crippen molar-refractivity contribution in [2.45, 2.75) is 64.0 Å². The van der Waals surface area contributed by atoms with Crippen molar-refractivity contribution in [1.82, 2.24) is 5.32 Å². The molecule has 1 aromatic carbocycles. The lowest BCUT2D eigenvalue weighted by Crippen LogP contribution is -3.11. The Morgan fingerprint density at radius 2 is 1.74 bits per heavy atom. The summed E-state index contributed by atoms with van der Waals surface area (Å²) >= 11 is 0. The lowest BCUT2D eigenvalue weighted by atomic mass is 9.94. The van der Waals surface area contributed by atoms with Crippen molar-refractivity contribution in [3.8, 4) is 11.5 Å². The van der Waals surface area contributed by atoms with E-state index in [0.29, 0.717) is 11.9 Å². The number of para-hydroxylation sites is 1. The summed E-state index contributed by atoms with van der Waals surface area (Å²) in [5.41, 5.74) is 1.17. The molecule has 150 valence electrons. The van der Waals surface area contributed by atoms with Crippen LogP contribution in [0.3, 0.4) is 0 Å². The number of nitrogens with one attached hydrogen (secondary N) is 2. The minimum atomic E-state index is 0.184. The van der Waals surface area contributed by atoms with Crippen molar-refractivity contribution in [2.75, 3.05) is 27.3 Å². The Morgan fingerprint density at radius 3 is 2.37 bits per heavy atom. The Hall–Kier alpha value is -1.75. The van der Waals surface area contributed by atoms with Crippen molar-refractivity contribution in [2.24, 2.45) is 5.92 Å². The van der Waals surface area contributed by atoms with Crippen LogP contribution in [0, 0.1) is 5.92 Å². The Kier molecular flexibility index (Phi) is 7.39. The van der Waals surface area contributed by atoms with Crippen molar-refractivity contribution in [3.05, 3.63) is 23.8 Å². The number of carbonyl (C=O) groups is 1. The lowest BCUT2D eigenvalue weighted by Gasteiger charge is -2.30. The second kappa shape index (κ2) is 9.98. The maximum atomic E-state index is 12.7. The van der Waals surface area contributed by atoms with Gasteiger partial charge in [0, 0.05) is 24.8 Å². The number of rotatable bonds is 6. The third kappa shape index (κ3) is 5.38. The third-order valence-electron chi connectivity index (χ3n) is 6.19. The van der Waals surface area contributed by atoms with Gasteiger partial charge in [0.05, 0.1) is 32.9 Å². The van der Waals surface area contributed by atoms with Crippen LogP contribution in [-0.2, 0) is 11.3 Å². The number of hydrogen-bond donors (Lipinski definition) is 2. The fourth-order valence-corrected chi connectivity index (χ4v) is 4.57. The van der Waals surface area contributed by atoms with Crippen molar-refractivity contribution in [1.29, 1.82) is 0 Å². The predicted octanol–water partition coefficient (Wildman–Crippen LogP) is 2.34. The molecule has 5 heteroatoms. The van der Waals surface area contributed by atoms with Crippen LogP contribution in [0.1, 0.15) is 56.9 Å². The molecule has 1 aromatic rings. The highest BCUT2D eigenvalue weighted by Gasteiger charge is 2.29. The quantitative estimate of drug-likeness (QED) is 0.751. The zero-order chi connectivity index (χ0) is 19.1. The molecule has 0 bridgehead atoms. The van der Waals surface area contributed by atoms with Gasteiger partial charge >= 0.3 is 0 Å². The maximum absolute atomic E-state index is 12.7. The smallest absolute Gasteiger partial charge is 0.223 e. The van der Waals surface area contributed by atoms with Gasteiger partial charge in [-0.3, -0.25) is 4.79 Å². The molecule has 1 amide bonds. The Labute approximate surface area is 163 Å². The molecule has 1 aliphatic carbocycles. The van der Waals surface area contributed by atoms with Crippen LogP contribution in [0.15, 0.2) is 18.2 Å². The molecular formula is C22H35N2O3+. The Balaban J connectivity index is 1.49. The van der Waals surface area contributed by atoms with E-state index in [-0.39, 0.29) is 5.92 Å².